The zero-order valence-electron chi connectivity index (χ0n) is 8.75. The van der Waals surface area contributed by atoms with Crippen molar-refractivity contribution in [3.63, 3.8) is 0 Å². The Morgan fingerprint density at radius 2 is 1.54 bits per heavy atom. The molecule has 0 spiro atoms. The Bertz CT molecular complexity index is 248. The third-order valence-corrected chi connectivity index (χ3v) is 2.64. The minimum absolute atomic E-state index is 0.144. The van der Waals surface area contributed by atoms with E-state index in [9.17, 15) is 0 Å². The third-order valence-electron chi connectivity index (χ3n) is 2.64. The molecule has 1 unspecified atom stereocenters. The lowest BCUT2D eigenvalue weighted by Crippen LogP contribution is -2.04. The van der Waals surface area contributed by atoms with Crippen LogP contribution in [0.15, 0.2) is 24.3 Å². The maximum absolute atomic E-state index is 5.77. The van der Waals surface area contributed by atoms with E-state index in [0.29, 0.717) is 5.92 Å². The number of rotatable bonds is 3. The third kappa shape index (κ3) is 2.56. The minimum atomic E-state index is 0.144. The average Bonchev–Trinajstić information content (AvgIpc) is 2.17. The standard InChI is InChI=1S/C12H19N/c1-4-9(2)11-5-7-12(8-6-11)10(3)13/h5-10H,4,13H2,1-3H3/t9?,10-/m1/s1. The van der Waals surface area contributed by atoms with Crippen LogP contribution in [0.5, 0.6) is 0 Å². The summed E-state index contributed by atoms with van der Waals surface area (Å²) in [5.41, 5.74) is 8.40. The molecule has 1 rings (SSSR count). The smallest absolute Gasteiger partial charge is 0.0266 e. The van der Waals surface area contributed by atoms with Crippen molar-refractivity contribution in [3.8, 4) is 0 Å². The lowest BCUT2D eigenvalue weighted by molar-refractivity contribution is 0.731. The normalized spacial score (nSPS) is 15.4. The molecule has 1 nitrogen and oxygen atoms in total. The molecule has 0 fully saturated rings. The van der Waals surface area contributed by atoms with Gasteiger partial charge in [0, 0.05) is 6.04 Å². The van der Waals surface area contributed by atoms with Gasteiger partial charge in [-0.3, -0.25) is 0 Å². The van der Waals surface area contributed by atoms with Gasteiger partial charge in [0.05, 0.1) is 0 Å². The van der Waals surface area contributed by atoms with Crippen LogP contribution < -0.4 is 5.73 Å². The van der Waals surface area contributed by atoms with Crippen molar-refractivity contribution < 1.29 is 0 Å². The molecule has 0 saturated carbocycles. The van der Waals surface area contributed by atoms with Gasteiger partial charge in [0.2, 0.25) is 0 Å². The lowest BCUT2D eigenvalue weighted by Gasteiger charge is -2.11. The Balaban J connectivity index is 2.81. The molecule has 13 heavy (non-hydrogen) atoms. The quantitative estimate of drug-likeness (QED) is 0.753. The van der Waals surface area contributed by atoms with Crippen LogP contribution >= 0.6 is 0 Å². The number of hydrogen-bond acceptors (Lipinski definition) is 1. The van der Waals surface area contributed by atoms with Crippen LogP contribution in [0.25, 0.3) is 0 Å². The molecule has 2 atom stereocenters. The molecule has 0 radical (unpaired) electrons. The van der Waals surface area contributed by atoms with Crippen LogP contribution in [-0.2, 0) is 0 Å². The van der Waals surface area contributed by atoms with Crippen molar-refractivity contribution in [2.45, 2.75) is 39.2 Å². The highest BCUT2D eigenvalue weighted by Crippen LogP contribution is 2.20. The molecule has 0 aromatic heterocycles. The minimum Gasteiger partial charge on any atom is -0.324 e. The van der Waals surface area contributed by atoms with Gasteiger partial charge in [-0.25, -0.2) is 0 Å². The van der Waals surface area contributed by atoms with Gasteiger partial charge in [-0.15, -0.1) is 0 Å². The molecule has 0 aliphatic rings. The highest BCUT2D eigenvalue weighted by Gasteiger charge is 2.03. The molecule has 1 heteroatoms. The summed E-state index contributed by atoms with van der Waals surface area (Å²) in [4.78, 5) is 0. The van der Waals surface area contributed by atoms with E-state index >= 15 is 0 Å². The summed E-state index contributed by atoms with van der Waals surface area (Å²) in [5, 5.41) is 0. The Hall–Kier alpha value is -0.820. The summed E-state index contributed by atoms with van der Waals surface area (Å²) in [6.07, 6.45) is 1.19. The van der Waals surface area contributed by atoms with Gasteiger partial charge in [-0.2, -0.15) is 0 Å². The molecule has 0 aliphatic carbocycles. The van der Waals surface area contributed by atoms with Crippen LogP contribution in [0.4, 0.5) is 0 Å². The van der Waals surface area contributed by atoms with Crippen molar-refractivity contribution in [2.24, 2.45) is 5.73 Å². The molecule has 0 bridgehead atoms. The van der Waals surface area contributed by atoms with Gasteiger partial charge in [-0.05, 0) is 30.4 Å². The highest BCUT2D eigenvalue weighted by atomic mass is 14.6. The summed E-state index contributed by atoms with van der Waals surface area (Å²) < 4.78 is 0. The van der Waals surface area contributed by atoms with Crippen LogP contribution in [-0.4, -0.2) is 0 Å². The van der Waals surface area contributed by atoms with Gasteiger partial charge >= 0.3 is 0 Å². The van der Waals surface area contributed by atoms with Crippen molar-refractivity contribution in [1.82, 2.24) is 0 Å². The van der Waals surface area contributed by atoms with Gasteiger partial charge in [0.1, 0.15) is 0 Å². The monoisotopic (exact) mass is 177 g/mol. The summed E-state index contributed by atoms with van der Waals surface area (Å²) in [6.45, 7) is 6.48. The molecule has 1 aromatic carbocycles. The zero-order chi connectivity index (χ0) is 9.84. The summed E-state index contributed by atoms with van der Waals surface area (Å²) in [5.74, 6) is 0.655. The summed E-state index contributed by atoms with van der Waals surface area (Å²) in [7, 11) is 0. The fourth-order valence-corrected chi connectivity index (χ4v) is 1.36. The van der Waals surface area contributed by atoms with E-state index in [1.807, 2.05) is 6.92 Å². The van der Waals surface area contributed by atoms with E-state index in [2.05, 4.69) is 38.1 Å². The summed E-state index contributed by atoms with van der Waals surface area (Å²) >= 11 is 0. The van der Waals surface area contributed by atoms with Crippen molar-refractivity contribution in [3.05, 3.63) is 35.4 Å². The second-order valence-corrected chi connectivity index (χ2v) is 3.76. The van der Waals surface area contributed by atoms with Gasteiger partial charge in [0.25, 0.3) is 0 Å². The molecule has 1 aromatic rings. The largest absolute Gasteiger partial charge is 0.324 e. The first-order chi connectivity index (χ1) is 6.15. The zero-order valence-corrected chi connectivity index (χ0v) is 8.75. The molecule has 72 valence electrons. The van der Waals surface area contributed by atoms with E-state index < -0.39 is 0 Å². The first-order valence-electron chi connectivity index (χ1n) is 5.00. The second-order valence-electron chi connectivity index (χ2n) is 3.76. The first-order valence-corrected chi connectivity index (χ1v) is 5.00. The van der Waals surface area contributed by atoms with Crippen LogP contribution in [0.1, 0.15) is 50.3 Å². The molecule has 0 saturated heterocycles. The SMILES string of the molecule is CCC(C)c1ccc([C@@H](C)N)cc1. The van der Waals surface area contributed by atoms with Gasteiger partial charge in [0.15, 0.2) is 0 Å². The Kier molecular flexibility index (Phi) is 3.49. The maximum Gasteiger partial charge on any atom is 0.0266 e. The highest BCUT2D eigenvalue weighted by molar-refractivity contribution is 5.26. The van der Waals surface area contributed by atoms with Crippen LogP contribution in [0.3, 0.4) is 0 Å². The molecule has 2 N–H and O–H groups in total. The van der Waals surface area contributed by atoms with E-state index in [-0.39, 0.29) is 6.04 Å². The predicted octanol–water partition coefficient (Wildman–Crippen LogP) is 3.22. The molecule has 0 heterocycles. The van der Waals surface area contributed by atoms with E-state index in [1.54, 1.807) is 0 Å². The van der Waals surface area contributed by atoms with Crippen LogP contribution in [0, 0.1) is 0 Å². The number of hydrogen-bond donors (Lipinski definition) is 1. The van der Waals surface area contributed by atoms with Crippen molar-refractivity contribution in [2.75, 3.05) is 0 Å². The van der Waals surface area contributed by atoms with Crippen LogP contribution in [0.2, 0.25) is 0 Å². The Morgan fingerprint density at radius 3 is 1.92 bits per heavy atom. The summed E-state index contributed by atoms with van der Waals surface area (Å²) in [6, 6.07) is 8.78. The van der Waals surface area contributed by atoms with Crippen molar-refractivity contribution >= 4 is 0 Å². The first kappa shape index (κ1) is 10.3. The molecule has 0 amide bonds. The number of nitrogens with two attached hydrogens (primary N) is 1. The predicted molar refractivity (Wildman–Crippen MR) is 57.8 cm³/mol. The van der Waals surface area contributed by atoms with E-state index in [1.165, 1.54) is 17.5 Å². The molecule has 0 aliphatic heterocycles. The Labute approximate surface area is 81.0 Å². The van der Waals surface area contributed by atoms with E-state index in [4.69, 9.17) is 5.73 Å². The van der Waals surface area contributed by atoms with Crippen molar-refractivity contribution in [1.29, 1.82) is 0 Å². The molecular weight excluding hydrogens is 158 g/mol. The maximum atomic E-state index is 5.77. The topological polar surface area (TPSA) is 26.0 Å². The second kappa shape index (κ2) is 4.43. The molecular formula is C12H19N. The fourth-order valence-electron chi connectivity index (χ4n) is 1.36. The van der Waals surface area contributed by atoms with Gasteiger partial charge in [-0.1, -0.05) is 38.1 Å². The van der Waals surface area contributed by atoms with E-state index in [0.717, 1.165) is 0 Å². The van der Waals surface area contributed by atoms with Gasteiger partial charge < -0.3 is 5.73 Å². The number of benzene rings is 1. The lowest BCUT2D eigenvalue weighted by atomic mass is 9.96. The Morgan fingerprint density at radius 1 is 1.08 bits per heavy atom. The fraction of sp³-hybridized carbons (Fsp3) is 0.500. The average molecular weight is 177 g/mol.